The minimum atomic E-state index is 0.670. The SMILES string of the molecule is Brc1ccc(N2CC3(CCCCCC3)C2)cc1. The van der Waals surface area contributed by atoms with Crippen LogP contribution in [-0.4, -0.2) is 13.1 Å². The zero-order chi connectivity index (χ0) is 11.7. The number of nitrogens with zero attached hydrogens (tertiary/aromatic N) is 1. The molecule has 0 radical (unpaired) electrons. The van der Waals surface area contributed by atoms with Gasteiger partial charge in [-0.2, -0.15) is 0 Å². The van der Waals surface area contributed by atoms with E-state index in [1.807, 2.05) is 0 Å². The third-order valence-electron chi connectivity index (χ3n) is 4.41. The van der Waals surface area contributed by atoms with Crippen LogP contribution in [0.25, 0.3) is 0 Å². The molecule has 1 spiro atoms. The summed E-state index contributed by atoms with van der Waals surface area (Å²) in [6.07, 6.45) is 8.74. The van der Waals surface area contributed by atoms with Crippen molar-refractivity contribution in [3.05, 3.63) is 28.7 Å². The van der Waals surface area contributed by atoms with Crippen LogP contribution in [0, 0.1) is 5.41 Å². The van der Waals surface area contributed by atoms with Crippen LogP contribution in [0.1, 0.15) is 38.5 Å². The van der Waals surface area contributed by atoms with Gasteiger partial charge in [0.2, 0.25) is 0 Å². The Morgan fingerprint density at radius 3 is 2.06 bits per heavy atom. The van der Waals surface area contributed by atoms with E-state index in [4.69, 9.17) is 0 Å². The van der Waals surface area contributed by atoms with E-state index in [1.54, 1.807) is 0 Å². The Hall–Kier alpha value is -0.500. The molecule has 2 fully saturated rings. The number of hydrogen-bond donors (Lipinski definition) is 0. The fourth-order valence-corrected chi connectivity index (χ4v) is 3.66. The van der Waals surface area contributed by atoms with Crippen molar-refractivity contribution in [2.75, 3.05) is 18.0 Å². The number of rotatable bonds is 1. The molecule has 2 aliphatic rings. The third kappa shape index (κ3) is 2.37. The maximum atomic E-state index is 3.50. The molecular weight excluding hydrogens is 274 g/mol. The van der Waals surface area contributed by atoms with Gasteiger partial charge in [0.1, 0.15) is 0 Å². The van der Waals surface area contributed by atoms with Crippen LogP contribution < -0.4 is 4.90 Å². The van der Waals surface area contributed by atoms with E-state index in [2.05, 4.69) is 45.1 Å². The molecule has 0 bridgehead atoms. The van der Waals surface area contributed by atoms with Gasteiger partial charge in [0.05, 0.1) is 0 Å². The lowest BCUT2D eigenvalue weighted by Crippen LogP contribution is -2.56. The molecule has 1 nitrogen and oxygen atoms in total. The van der Waals surface area contributed by atoms with E-state index < -0.39 is 0 Å². The van der Waals surface area contributed by atoms with Crippen LogP contribution in [0.4, 0.5) is 5.69 Å². The summed E-state index contributed by atoms with van der Waals surface area (Å²) in [5.74, 6) is 0. The normalized spacial score (nSPS) is 23.2. The lowest BCUT2D eigenvalue weighted by molar-refractivity contribution is 0.180. The van der Waals surface area contributed by atoms with Gasteiger partial charge < -0.3 is 4.90 Å². The fourth-order valence-electron chi connectivity index (χ4n) is 3.39. The number of hydrogen-bond acceptors (Lipinski definition) is 1. The van der Waals surface area contributed by atoms with E-state index >= 15 is 0 Å². The van der Waals surface area contributed by atoms with Gasteiger partial charge in [-0.05, 0) is 37.1 Å². The van der Waals surface area contributed by atoms with Crippen LogP contribution in [0.15, 0.2) is 28.7 Å². The molecule has 1 aliphatic carbocycles. The van der Waals surface area contributed by atoms with Crippen molar-refractivity contribution >= 4 is 21.6 Å². The molecule has 1 heterocycles. The number of benzene rings is 1. The fraction of sp³-hybridized carbons (Fsp3) is 0.600. The first-order valence-electron chi connectivity index (χ1n) is 6.78. The highest BCUT2D eigenvalue weighted by Gasteiger charge is 2.42. The average molecular weight is 294 g/mol. The Morgan fingerprint density at radius 2 is 1.47 bits per heavy atom. The van der Waals surface area contributed by atoms with E-state index in [0.717, 1.165) is 0 Å². The van der Waals surface area contributed by atoms with E-state index in [1.165, 1.54) is 61.8 Å². The van der Waals surface area contributed by atoms with Gasteiger partial charge >= 0.3 is 0 Å². The van der Waals surface area contributed by atoms with Crippen molar-refractivity contribution in [2.24, 2.45) is 5.41 Å². The Bertz CT molecular complexity index is 368. The van der Waals surface area contributed by atoms with Crippen LogP contribution in [-0.2, 0) is 0 Å². The Morgan fingerprint density at radius 1 is 0.882 bits per heavy atom. The molecule has 1 aliphatic heterocycles. The molecule has 92 valence electrons. The highest BCUT2D eigenvalue weighted by atomic mass is 79.9. The first-order chi connectivity index (χ1) is 8.27. The lowest BCUT2D eigenvalue weighted by Gasteiger charge is -2.51. The second-order valence-corrected chi connectivity index (χ2v) is 6.66. The number of halogens is 1. The highest BCUT2D eigenvalue weighted by Crippen LogP contribution is 2.44. The molecule has 17 heavy (non-hydrogen) atoms. The maximum Gasteiger partial charge on any atom is 0.0367 e. The van der Waals surface area contributed by atoms with Crippen LogP contribution >= 0.6 is 15.9 Å². The van der Waals surface area contributed by atoms with Crippen molar-refractivity contribution in [1.82, 2.24) is 0 Å². The van der Waals surface area contributed by atoms with Gasteiger partial charge in [0.25, 0.3) is 0 Å². The van der Waals surface area contributed by atoms with E-state index in [0.29, 0.717) is 5.41 Å². The smallest absolute Gasteiger partial charge is 0.0367 e. The lowest BCUT2D eigenvalue weighted by atomic mass is 9.73. The van der Waals surface area contributed by atoms with Gasteiger partial charge in [-0.25, -0.2) is 0 Å². The quantitative estimate of drug-likeness (QED) is 0.731. The molecule has 1 aromatic carbocycles. The predicted molar refractivity (Wildman–Crippen MR) is 76.5 cm³/mol. The molecular formula is C15H20BrN. The van der Waals surface area contributed by atoms with Crippen LogP contribution in [0.2, 0.25) is 0 Å². The average Bonchev–Trinajstić information content (AvgIpc) is 2.54. The molecule has 3 rings (SSSR count). The Kier molecular flexibility index (Phi) is 3.16. The molecule has 1 aromatic rings. The van der Waals surface area contributed by atoms with E-state index in [-0.39, 0.29) is 0 Å². The summed E-state index contributed by atoms with van der Waals surface area (Å²) in [5, 5.41) is 0. The first-order valence-corrected chi connectivity index (χ1v) is 7.57. The largest absolute Gasteiger partial charge is 0.370 e. The highest BCUT2D eigenvalue weighted by molar-refractivity contribution is 9.10. The van der Waals surface area contributed by atoms with Crippen molar-refractivity contribution in [1.29, 1.82) is 0 Å². The van der Waals surface area contributed by atoms with E-state index in [9.17, 15) is 0 Å². The van der Waals surface area contributed by atoms with Crippen LogP contribution in [0.5, 0.6) is 0 Å². The maximum absolute atomic E-state index is 3.50. The zero-order valence-electron chi connectivity index (χ0n) is 10.3. The predicted octanol–water partition coefficient (Wildman–Crippen LogP) is 4.61. The second kappa shape index (κ2) is 4.64. The summed E-state index contributed by atoms with van der Waals surface area (Å²) in [5.41, 5.74) is 2.06. The van der Waals surface area contributed by atoms with Crippen LogP contribution in [0.3, 0.4) is 0 Å². The molecule has 0 amide bonds. The topological polar surface area (TPSA) is 3.24 Å². The van der Waals surface area contributed by atoms with Gasteiger partial charge in [-0.15, -0.1) is 0 Å². The molecule has 0 atom stereocenters. The minimum Gasteiger partial charge on any atom is -0.370 e. The third-order valence-corrected chi connectivity index (χ3v) is 4.94. The van der Waals surface area contributed by atoms with Crippen molar-refractivity contribution < 1.29 is 0 Å². The molecule has 0 aromatic heterocycles. The van der Waals surface area contributed by atoms with Crippen molar-refractivity contribution in [3.8, 4) is 0 Å². The molecule has 0 unspecified atom stereocenters. The molecule has 0 N–H and O–H groups in total. The van der Waals surface area contributed by atoms with Gasteiger partial charge in [-0.1, -0.05) is 41.6 Å². The minimum absolute atomic E-state index is 0.670. The monoisotopic (exact) mass is 293 g/mol. The summed E-state index contributed by atoms with van der Waals surface area (Å²) >= 11 is 3.50. The zero-order valence-corrected chi connectivity index (χ0v) is 11.9. The molecule has 2 heteroatoms. The molecule has 1 saturated heterocycles. The van der Waals surface area contributed by atoms with Gasteiger partial charge in [0.15, 0.2) is 0 Å². The summed E-state index contributed by atoms with van der Waals surface area (Å²) in [4.78, 5) is 2.54. The van der Waals surface area contributed by atoms with Crippen molar-refractivity contribution in [3.63, 3.8) is 0 Å². The number of anilines is 1. The Balaban J connectivity index is 1.65. The first kappa shape index (κ1) is 11.6. The van der Waals surface area contributed by atoms with Crippen molar-refractivity contribution in [2.45, 2.75) is 38.5 Å². The Labute approximate surface area is 112 Å². The van der Waals surface area contributed by atoms with Gasteiger partial charge in [0, 0.05) is 28.7 Å². The standard InChI is InChI=1S/C15H20BrN/c16-13-5-7-14(8-6-13)17-11-15(12-17)9-3-1-2-4-10-15/h5-8H,1-4,9-12H2. The second-order valence-electron chi connectivity index (χ2n) is 5.75. The van der Waals surface area contributed by atoms with Gasteiger partial charge in [-0.3, -0.25) is 0 Å². The summed E-state index contributed by atoms with van der Waals surface area (Å²) in [6.45, 7) is 2.57. The summed E-state index contributed by atoms with van der Waals surface area (Å²) in [7, 11) is 0. The summed E-state index contributed by atoms with van der Waals surface area (Å²) in [6, 6.07) is 8.75. The molecule has 1 saturated carbocycles. The summed E-state index contributed by atoms with van der Waals surface area (Å²) < 4.78 is 1.17.